The first kappa shape index (κ1) is 25.0. The van der Waals surface area contributed by atoms with Crippen LogP contribution >= 0.6 is 0 Å². The molecule has 0 saturated carbocycles. The zero-order chi connectivity index (χ0) is 25.2. The molecular weight excluding hydrogens is 460 g/mol. The van der Waals surface area contributed by atoms with Gasteiger partial charge in [-0.3, -0.25) is 4.74 Å². The maximum atomic E-state index is 11.0. The van der Waals surface area contributed by atoms with Crippen LogP contribution in [0.2, 0.25) is 0 Å². The summed E-state index contributed by atoms with van der Waals surface area (Å²) in [6.45, 7) is 3.77. The molecule has 7 heteroatoms. The molecule has 190 valence electrons. The topological polar surface area (TPSA) is 86.6 Å². The molecule has 3 aromatic carbocycles. The Balaban J connectivity index is 1.49. The number of aliphatic hydroxyl groups excluding tert-OH is 2. The molecule has 2 fully saturated rings. The molecule has 2 N–H and O–H groups in total. The van der Waals surface area contributed by atoms with Crippen LogP contribution in [0.1, 0.15) is 30.5 Å². The lowest BCUT2D eigenvalue weighted by Gasteiger charge is -2.41. The van der Waals surface area contributed by atoms with Gasteiger partial charge < -0.3 is 29.2 Å². The maximum absolute atomic E-state index is 11.0. The van der Waals surface area contributed by atoms with E-state index < -0.39 is 42.3 Å². The molecule has 6 unspecified atom stereocenters. The molecule has 0 aliphatic carbocycles. The van der Waals surface area contributed by atoms with Gasteiger partial charge in [-0.1, -0.05) is 91.0 Å². The van der Waals surface area contributed by atoms with Crippen molar-refractivity contribution in [1.29, 1.82) is 0 Å². The number of fused-ring (bicyclic) bond motifs is 1. The van der Waals surface area contributed by atoms with E-state index in [1.165, 1.54) is 0 Å². The van der Waals surface area contributed by atoms with Gasteiger partial charge in [0.2, 0.25) is 0 Å². The first-order chi connectivity index (χ1) is 17.5. The second-order valence-electron chi connectivity index (χ2n) is 9.11. The molecule has 36 heavy (non-hydrogen) atoms. The van der Waals surface area contributed by atoms with Gasteiger partial charge in [-0.15, -0.1) is 0 Å². The second kappa shape index (κ2) is 10.4. The van der Waals surface area contributed by atoms with Gasteiger partial charge in [-0.25, -0.2) is 0 Å². The van der Waals surface area contributed by atoms with E-state index in [0.717, 1.165) is 16.7 Å². The Labute approximate surface area is 211 Å². The summed E-state index contributed by atoms with van der Waals surface area (Å²) in [5.74, 6) is -1.36. The lowest BCUT2D eigenvalue weighted by atomic mass is 9.80. The molecule has 0 amide bonds. The summed E-state index contributed by atoms with van der Waals surface area (Å²) < 4.78 is 30.0. The van der Waals surface area contributed by atoms with Gasteiger partial charge in [0.1, 0.15) is 30.0 Å². The fourth-order valence-corrected chi connectivity index (χ4v) is 5.06. The van der Waals surface area contributed by atoms with Gasteiger partial charge in [-0.2, -0.15) is 0 Å². The largest absolute Gasteiger partial charge is 0.387 e. The summed E-state index contributed by atoms with van der Waals surface area (Å²) in [5, 5.41) is 21.8. The van der Waals surface area contributed by atoms with Gasteiger partial charge >= 0.3 is 0 Å². The Bertz CT molecular complexity index is 1010. The predicted octanol–water partition coefficient (Wildman–Crippen LogP) is 3.57. The number of rotatable bonds is 8. The van der Waals surface area contributed by atoms with Gasteiger partial charge in [0.25, 0.3) is 5.97 Å². The van der Waals surface area contributed by atoms with Crippen LogP contribution in [0.25, 0.3) is 0 Å². The molecule has 0 bridgehead atoms. The number of hydrogen-bond acceptors (Lipinski definition) is 7. The fraction of sp³-hybridized carbons (Fsp3) is 0.379. The molecule has 5 rings (SSSR count). The van der Waals surface area contributed by atoms with Crippen molar-refractivity contribution in [2.45, 2.75) is 56.1 Å². The standard InChI is InChI=1S/C29H32O7/c1-3-32-28(2)35-26-25(31)24(30)23(34-27(26)36-28)19-33-29(20-13-7-4-8-14-20,21-15-9-5-10-16-21)22-17-11-6-12-18-22/h4-18,23-27,30-31H,3,19H2,1-2H3. The average Bonchev–Trinajstić information content (AvgIpc) is 3.25. The lowest BCUT2D eigenvalue weighted by Crippen LogP contribution is -2.58. The maximum Gasteiger partial charge on any atom is 0.282 e. The van der Waals surface area contributed by atoms with E-state index in [1.807, 2.05) is 97.9 Å². The van der Waals surface area contributed by atoms with E-state index in [1.54, 1.807) is 6.92 Å². The molecule has 7 nitrogen and oxygen atoms in total. The highest BCUT2D eigenvalue weighted by atomic mass is 16.9. The molecule has 2 aliphatic rings. The van der Waals surface area contributed by atoms with Crippen LogP contribution in [-0.4, -0.2) is 60.1 Å². The van der Waals surface area contributed by atoms with Crippen molar-refractivity contribution >= 4 is 0 Å². The SMILES string of the molecule is CCOC1(C)OC2OC(COC(c3ccccc3)(c3ccccc3)c3ccccc3)C(O)C(O)C2O1. The summed E-state index contributed by atoms with van der Waals surface area (Å²) in [7, 11) is 0. The van der Waals surface area contributed by atoms with Crippen molar-refractivity contribution in [3.8, 4) is 0 Å². The molecule has 0 aromatic heterocycles. The van der Waals surface area contributed by atoms with Crippen LogP contribution in [0.4, 0.5) is 0 Å². The Hall–Kier alpha value is -2.62. The number of aliphatic hydroxyl groups is 2. The third-order valence-electron chi connectivity index (χ3n) is 6.74. The van der Waals surface area contributed by atoms with Crippen molar-refractivity contribution in [3.63, 3.8) is 0 Å². The highest BCUT2D eigenvalue weighted by Crippen LogP contribution is 2.42. The Morgan fingerprint density at radius 2 is 1.28 bits per heavy atom. The third kappa shape index (κ3) is 4.60. The van der Waals surface area contributed by atoms with Gasteiger partial charge in [0, 0.05) is 13.5 Å². The van der Waals surface area contributed by atoms with Crippen LogP contribution < -0.4 is 0 Å². The second-order valence-corrected chi connectivity index (χ2v) is 9.11. The van der Waals surface area contributed by atoms with Crippen LogP contribution in [0.5, 0.6) is 0 Å². The van der Waals surface area contributed by atoms with Crippen molar-refractivity contribution < 1.29 is 33.9 Å². The minimum atomic E-state index is -1.36. The van der Waals surface area contributed by atoms with Gasteiger partial charge in [-0.05, 0) is 23.6 Å². The normalized spacial score (nSPS) is 30.2. The number of ether oxygens (including phenoxy) is 5. The smallest absolute Gasteiger partial charge is 0.282 e. The van der Waals surface area contributed by atoms with Crippen molar-refractivity contribution in [2.75, 3.05) is 13.2 Å². The molecular formula is C29H32O7. The highest BCUT2D eigenvalue weighted by molar-refractivity contribution is 5.47. The Kier molecular flexibility index (Phi) is 7.23. The van der Waals surface area contributed by atoms with Gasteiger partial charge in [0.05, 0.1) is 6.61 Å². The fourth-order valence-electron chi connectivity index (χ4n) is 5.06. The molecule has 3 aromatic rings. The first-order valence-corrected chi connectivity index (χ1v) is 12.3. The van der Waals surface area contributed by atoms with Crippen LogP contribution in [0.15, 0.2) is 91.0 Å². The quantitative estimate of drug-likeness (QED) is 0.465. The molecule has 0 radical (unpaired) electrons. The zero-order valence-corrected chi connectivity index (χ0v) is 20.4. The van der Waals surface area contributed by atoms with Crippen LogP contribution in [-0.2, 0) is 29.3 Å². The van der Waals surface area contributed by atoms with Crippen molar-refractivity contribution in [2.24, 2.45) is 0 Å². The number of benzene rings is 3. The van der Waals surface area contributed by atoms with Gasteiger partial charge in [0.15, 0.2) is 6.29 Å². The van der Waals surface area contributed by atoms with Crippen molar-refractivity contribution in [3.05, 3.63) is 108 Å². The molecule has 2 saturated heterocycles. The van der Waals surface area contributed by atoms with Crippen LogP contribution in [0.3, 0.4) is 0 Å². The first-order valence-electron chi connectivity index (χ1n) is 12.3. The summed E-state index contributed by atoms with van der Waals surface area (Å²) in [6, 6.07) is 29.8. The molecule has 2 heterocycles. The summed E-state index contributed by atoms with van der Waals surface area (Å²) in [6.07, 6.45) is -5.15. The summed E-state index contributed by atoms with van der Waals surface area (Å²) >= 11 is 0. The monoisotopic (exact) mass is 492 g/mol. The van der Waals surface area contributed by atoms with E-state index in [0.29, 0.717) is 6.61 Å². The molecule has 2 aliphatic heterocycles. The highest BCUT2D eigenvalue weighted by Gasteiger charge is 2.56. The average molecular weight is 493 g/mol. The minimum Gasteiger partial charge on any atom is -0.387 e. The predicted molar refractivity (Wildman–Crippen MR) is 132 cm³/mol. The number of hydrogen-bond donors (Lipinski definition) is 2. The minimum absolute atomic E-state index is 0.0190. The molecule has 0 spiro atoms. The summed E-state index contributed by atoms with van der Waals surface area (Å²) in [4.78, 5) is 0. The van der Waals surface area contributed by atoms with E-state index in [9.17, 15) is 10.2 Å². The van der Waals surface area contributed by atoms with E-state index in [4.69, 9.17) is 23.7 Å². The zero-order valence-electron chi connectivity index (χ0n) is 20.4. The third-order valence-corrected chi connectivity index (χ3v) is 6.74. The van der Waals surface area contributed by atoms with Crippen molar-refractivity contribution in [1.82, 2.24) is 0 Å². The van der Waals surface area contributed by atoms with E-state index in [2.05, 4.69) is 0 Å². The lowest BCUT2D eigenvalue weighted by molar-refractivity contribution is -0.343. The Morgan fingerprint density at radius 3 is 1.75 bits per heavy atom. The summed E-state index contributed by atoms with van der Waals surface area (Å²) in [5.41, 5.74) is 1.79. The van der Waals surface area contributed by atoms with E-state index >= 15 is 0 Å². The van der Waals surface area contributed by atoms with Crippen LogP contribution in [0, 0.1) is 0 Å². The Morgan fingerprint density at radius 1 is 0.778 bits per heavy atom. The van der Waals surface area contributed by atoms with E-state index in [-0.39, 0.29) is 6.61 Å². The molecule has 6 atom stereocenters.